The van der Waals surface area contributed by atoms with E-state index in [1.54, 1.807) is 48.5 Å². The lowest BCUT2D eigenvalue weighted by atomic mass is 10.1. The van der Waals surface area contributed by atoms with Crippen molar-refractivity contribution in [3.05, 3.63) is 107 Å². The average molecular weight is 402 g/mol. The van der Waals surface area contributed by atoms with Gasteiger partial charge in [0.15, 0.2) is 0 Å². The molecule has 0 saturated carbocycles. The molecule has 1 N–H and O–H groups in total. The van der Waals surface area contributed by atoms with Gasteiger partial charge in [-0.15, -0.1) is 0 Å². The SMILES string of the molecule is O=C1N/C(=C/c2ccc(OCc3ccccc3F)cc2)C(=O)N1Cc1ccccc1. The minimum atomic E-state index is -0.444. The Morgan fingerprint density at radius 3 is 2.33 bits per heavy atom. The van der Waals surface area contributed by atoms with Gasteiger partial charge in [-0.3, -0.25) is 9.69 Å². The first-order valence-electron chi connectivity index (χ1n) is 9.45. The summed E-state index contributed by atoms with van der Waals surface area (Å²) in [6.07, 6.45) is 1.62. The van der Waals surface area contributed by atoms with E-state index >= 15 is 0 Å². The fraction of sp³-hybridized carbons (Fsp3) is 0.0833. The Morgan fingerprint density at radius 1 is 0.900 bits per heavy atom. The first kappa shape index (κ1) is 19.4. The van der Waals surface area contributed by atoms with Crippen molar-refractivity contribution in [2.45, 2.75) is 13.2 Å². The summed E-state index contributed by atoms with van der Waals surface area (Å²) in [5.74, 6) is -0.106. The maximum atomic E-state index is 13.7. The second-order valence-corrected chi connectivity index (χ2v) is 6.81. The highest BCUT2D eigenvalue weighted by atomic mass is 19.1. The normalized spacial score (nSPS) is 14.8. The van der Waals surface area contributed by atoms with Crippen molar-refractivity contribution < 1.29 is 18.7 Å². The number of nitrogens with zero attached hydrogens (tertiary/aromatic N) is 1. The molecule has 0 atom stereocenters. The van der Waals surface area contributed by atoms with Gasteiger partial charge in [-0.1, -0.05) is 60.7 Å². The van der Waals surface area contributed by atoms with Gasteiger partial charge in [-0.2, -0.15) is 0 Å². The molecule has 3 amide bonds. The summed E-state index contributed by atoms with van der Waals surface area (Å²) in [7, 11) is 0. The number of amides is 3. The van der Waals surface area contributed by atoms with E-state index in [0.29, 0.717) is 11.3 Å². The van der Waals surface area contributed by atoms with Crippen LogP contribution in [-0.4, -0.2) is 16.8 Å². The lowest BCUT2D eigenvalue weighted by Crippen LogP contribution is -2.30. The number of hydrogen-bond donors (Lipinski definition) is 1. The highest BCUT2D eigenvalue weighted by molar-refractivity contribution is 6.13. The van der Waals surface area contributed by atoms with E-state index in [1.165, 1.54) is 11.0 Å². The Balaban J connectivity index is 1.41. The van der Waals surface area contributed by atoms with Crippen LogP contribution in [0.3, 0.4) is 0 Å². The summed E-state index contributed by atoms with van der Waals surface area (Å²) in [5.41, 5.74) is 2.30. The Hall–Kier alpha value is -3.93. The second kappa shape index (κ2) is 8.61. The minimum Gasteiger partial charge on any atom is -0.489 e. The number of rotatable bonds is 6. The number of imide groups is 1. The smallest absolute Gasteiger partial charge is 0.329 e. The van der Waals surface area contributed by atoms with Crippen molar-refractivity contribution in [1.29, 1.82) is 0 Å². The van der Waals surface area contributed by atoms with Crippen LogP contribution in [0.1, 0.15) is 16.7 Å². The Labute approximate surface area is 173 Å². The first-order chi connectivity index (χ1) is 14.6. The van der Waals surface area contributed by atoms with Crippen LogP contribution in [0.25, 0.3) is 6.08 Å². The third kappa shape index (κ3) is 4.38. The van der Waals surface area contributed by atoms with Crippen molar-refractivity contribution in [2.24, 2.45) is 0 Å². The summed E-state index contributed by atoms with van der Waals surface area (Å²) in [6, 6.07) is 22.3. The van der Waals surface area contributed by atoms with E-state index in [9.17, 15) is 14.0 Å². The van der Waals surface area contributed by atoms with Gasteiger partial charge >= 0.3 is 6.03 Å². The van der Waals surface area contributed by atoms with Crippen LogP contribution in [0.2, 0.25) is 0 Å². The van der Waals surface area contributed by atoms with Crippen LogP contribution in [0.4, 0.5) is 9.18 Å². The zero-order valence-corrected chi connectivity index (χ0v) is 16.0. The van der Waals surface area contributed by atoms with Crippen molar-refractivity contribution >= 4 is 18.0 Å². The summed E-state index contributed by atoms with van der Waals surface area (Å²) >= 11 is 0. The number of carbonyl (C=O) groups is 2. The van der Waals surface area contributed by atoms with E-state index in [-0.39, 0.29) is 30.6 Å². The molecule has 3 aromatic carbocycles. The van der Waals surface area contributed by atoms with Crippen LogP contribution in [0, 0.1) is 5.82 Å². The molecule has 4 rings (SSSR count). The number of ether oxygens (including phenoxy) is 1. The van der Waals surface area contributed by atoms with Gasteiger partial charge in [0.1, 0.15) is 23.9 Å². The molecule has 1 aliphatic rings. The molecule has 6 heteroatoms. The summed E-state index contributed by atoms with van der Waals surface area (Å²) in [6.45, 7) is 0.335. The van der Waals surface area contributed by atoms with Gasteiger partial charge in [0.05, 0.1) is 6.54 Å². The van der Waals surface area contributed by atoms with E-state index < -0.39 is 6.03 Å². The molecule has 1 saturated heterocycles. The van der Waals surface area contributed by atoms with Crippen molar-refractivity contribution in [1.82, 2.24) is 10.2 Å². The first-order valence-corrected chi connectivity index (χ1v) is 9.45. The summed E-state index contributed by atoms with van der Waals surface area (Å²) in [5, 5.41) is 2.62. The molecular formula is C24H19FN2O3. The maximum absolute atomic E-state index is 13.7. The topological polar surface area (TPSA) is 58.6 Å². The maximum Gasteiger partial charge on any atom is 0.329 e. The van der Waals surface area contributed by atoms with Gasteiger partial charge < -0.3 is 10.1 Å². The number of halogens is 1. The Kier molecular flexibility index (Phi) is 5.57. The minimum absolute atomic E-state index is 0.121. The molecule has 0 aliphatic carbocycles. The van der Waals surface area contributed by atoms with Crippen molar-refractivity contribution in [3.8, 4) is 5.75 Å². The Bertz CT molecular complexity index is 1090. The number of hydrogen-bond acceptors (Lipinski definition) is 3. The number of nitrogens with one attached hydrogen (secondary N) is 1. The van der Waals surface area contributed by atoms with Gasteiger partial charge in [0, 0.05) is 5.56 Å². The molecule has 150 valence electrons. The quantitative estimate of drug-likeness (QED) is 0.488. The van der Waals surface area contributed by atoms with Gasteiger partial charge in [0.2, 0.25) is 0 Å². The van der Waals surface area contributed by atoms with E-state index in [2.05, 4.69) is 5.32 Å². The van der Waals surface area contributed by atoms with Gasteiger partial charge in [-0.25, -0.2) is 9.18 Å². The number of urea groups is 1. The molecule has 1 fully saturated rings. The molecule has 0 unspecified atom stereocenters. The van der Waals surface area contributed by atoms with Gasteiger partial charge in [-0.05, 0) is 35.4 Å². The zero-order valence-electron chi connectivity index (χ0n) is 16.0. The van der Waals surface area contributed by atoms with Crippen LogP contribution >= 0.6 is 0 Å². The fourth-order valence-corrected chi connectivity index (χ4v) is 3.08. The molecular weight excluding hydrogens is 383 g/mol. The van der Waals surface area contributed by atoms with Crippen LogP contribution in [0.5, 0.6) is 5.75 Å². The van der Waals surface area contributed by atoms with Crippen LogP contribution in [-0.2, 0) is 17.9 Å². The second-order valence-electron chi connectivity index (χ2n) is 6.81. The monoisotopic (exact) mass is 402 g/mol. The summed E-state index contributed by atoms with van der Waals surface area (Å²) < 4.78 is 19.3. The van der Waals surface area contributed by atoms with Crippen LogP contribution < -0.4 is 10.1 Å². The van der Waals surface area contributed by atoms with E-state index in [4.69, 9.17) is 4.74 Å². The highest BCUT2D eigenvalue weighted by Gasteiger charge is 2.33. The number of carbonyl (C=O) groups excluding carboxylic acids is 2. The molecule has 0 spiro atoms. The highest BCUT2D eigenvalue weighted by Crippen LogP contribution is 2.20. The third-order valence-electron chi connectivity index (χ3n) is 4.69. The van der Waals surface area contributed by atoms with E-state index in [1.807, 2.05) is 30.3 Å². The lowest BCUT2D eigenvalue weighted by molar-refractivity contribution is -0.123. The van der Waals surface area contributed by atoms with E-state index in [0.717, 1.165) is 11.1 Å². The van der Waals surface area contributed by atoms with Crippen molar-refractivity contribution in [2.75, 3.05) is 0 Å². The summed E-state index contributed by atoms with van der Waals surface area (Å²) in [4.78, 5) is 26.0. The van der Waals surface area contributed by atoms with Gasteiger partial charge in [0.25, 0.3) is 5.91 Å². The molecule has 1 aliphatic heterocycles. The fourth-order valence-electron chi connectivity index (χ4n) is 3.08. The molecule has 0 bridgehead atoms. The van der Waals surface area contributed by atoms with Crippen LogP contribution in [0.15, 0.2) is 84.6 Å². The Morgan fingerprint density at radius 2 is 1.60 bits per heavy atom. The number of benzene rings is 3. The molecule has 0 radical (unpaired) electrons. The van der Waals surface area contributed by atoms with Crippen molar-refractivity contribution in [3.63, 3.8) is 0 Å². The molecule has 30 heavy (non-hydrogen) atoms. The largest absolute Gasteiger partial charge is 0.489 e. The average Bonchev–Trinajstić information content (AvgIpc) is 3.02. The standard InChI is InChI=1S/C24H19FN2O3/c25-21-9-5-4-8-19(21)16-30-20-12-10-17(11-13-20)14-22-23(28)27(24(29)26-22)15-18-6-2-1-3-7-18/h1-14H,15-16H2,(H,26,29)/b22-14+. The third-order valence-corrected chi connectivity index (χ3v) is 4.69. The molecule has 5 nitrogen and oxygen atoms in total. The predicted octanol–water partition coefficient (Wildman–Crippen LogP) is 4.50. The lowest BCUT2D eigenvalue weighted by Gasteiger charge is -2.11. The zero-order chi connectivity index (χ0) is 20.9. The molecule has 3 aromatic rings. The predicted molar refractivity (Wildman–Crippen MR) is 111 cm³/mol. The molecule has 1 heterocycles. The molecule has 0 aromatic heterocycles.